The van der Waals surface area contributed by atoms with Gasteiger partial charge in [0.1, 0.15) is 6.04 Å². The summed E-state index contributed by atoms with van der Waals surface area (Å²) in [6, 6.07) is -0.615. The van der Waals surface area contributed by atoms with E-state index in [1.807, 2.05) is 0 Å². The number of hydrogen-bond donors (Lipinski definition) is 4. The molecule has 20 heavy (non-hydrogen) atoms. The lowest BCUT2D eigenvalue weighted by atomic mass is 9.94. The molecule has 0 aromatic rings. The topological polar surface area (TPSA) is 94.0 Å². The minimum Gasteiger partial charge on any atom is -0.512 e. The molecule has 0 aromatic heterocycles. The highest BCUT2D eigenvalue weighted by Crippen LogP contribution is 2.24. The van der Waals surface area contributed by atoms with Crippen LogP contribution in [0.5, 0.6) is 0 Å². The van der Waals surface area contributed by atoms with Gasteiger partial charge in [-0.1, -0.05) is 0 Å². The number of aliphatic imine (C=N–C) groups is 1. The number of carbonyl (C=O) groups is 1. The molecule has 2 aliphatic rings. The van der Waals surface area contributed by atoms with Crippen LogP contribution < -0.4 is 10.6 Å². The number of carboxylic acids is 1. The van der Waals surface area contributed by atoms with E-state index in [1.54, 1.807) is 6.92 Å². The zero-order valence-electron chi connectivity index (χ0n) is 11.9. The largest absolute Gasteiger partial charge is 0.512 e. The van der Waals surface area contributed by atoms with E-state index in [4.69, 9.17) is 0 Å². The van der Waals surface area contributed by atoms with Crippen LogP contribution in [0.2, 0.25) is 0 Å². The van der Waals surface area contributed by atoms with E-state index in [-0.39, 0.29) is 6.04 Å². The maximum absolute atomic E-state index is 11.4. The Balaban J connectivity index is 2.08. The Morgan fingerprint density at radius 2 is 2.20 bits per heavy atom. The lowest BCUT2D eigenvalue weighted by Gasteiger charge is -2.18. The van der Waals surface area contributed by atoms with E-state index in [2.05, 4.69) is 15.6 Å². The second kappa shape index (κ2) is 6.85. The molecule has 1 aliphatic carbocycles. The summed E-state index contributed by atoms with van der Waals surface area (Å²) in [5.41, 5.74) is 1.50. The fourth-order valence-corrected chi connectivity index (χ4v) is 2.77. The molecule has 1 saturated heterocycles. The van der Waals surface area contributed by atoms with Crippen molar-refractivity contribution in [1.82, 2.24) is 10.6 Å². The van der Waals surface area contributed by atoms with Gasteiger partial charge in [0.2, 0.25) is 0 Å². The van der Waals surface area contributed by atoms with Gasteiger partial charge in [0.15, 0.2) is 0 Å². The van der Waals surface area contributed by atoms with Crippen molar-refractivity contribution in [2.24, 2.45) is 4.99 Å². The minimum absolute atomic E-state index is 0.140. The summed E-state index contributed by atoms with van der Waals surface area (Å²) in [7, 11) is 0. The molecule has 0 amide bonds. The molecule has 6 heteroatoms. The SMILES string of the molecule is C/C(=N/[C@H](C[C@H]1CNCN1)C(=O)O)C1=C(O)CCCC1. The van der Waals surface area contributed by atoms with Crippen molar-refractivity contribution in [2.45, 2.75) is 51.1 Å². The Hall–Kier alpha value is -1.40. The number of nitrogens with one attached hydrogen (secondary N) is 2. The Labute approximate surface area is 119 Å². The van der Waals surface area contributed by atoms with Crippen molar-refractivity contribution < 1.29 is 15.0 Å². The second-order valence-electron chi connectivity index (χ2n) is 5.47. The molecule has 0 saturated carbocycles. The van der Waals surface area contributed by atoms with E-state index in [0.717, 1.165) is 31.4 Å². The first-order chi connectivity index (χ1) is 9.58. The number of hydrogen-bond acceptors (Lipinski definition) is 5. The summed E-state index contributed by atoms with van der Waals surface area (Å²) in [4.78, 5) is 15.7. The molecule has 1 heterocycles. The molecule has 2 rings (SSSR count). The van der Waals surface area contributed by atoms with Crippen LogP contribution in [0, 0.1) is 0 Å². The first-order valence-electron chi connectivity index (χ1n) is 7.20. The molecule has 1 fully saturated rings. The van der Waals surface area contributed by atoms with Crippen molar-refractivity contribution in [3.8, 4) is 0 Å². The Morgan fingerprint density at radius 3 is 2.80 bits per heavy atom. The maximum atomic E-state index is 11.4. The molecule has 0 spiro atoms. The monoisotopic (exact) mass is 281 g/mol. The van der Waals surface area contributed by atoms with Gasteiger partial charge >= 0.3 is 5.97 Å². The molecule has 6 nitrogen and oxygen atoms in total. The van der Waals surface area contributed by atoms with Crippen LogP contribution in [0.25, 0.3) is 0 Å². The minimum atomic E-state index is -0.908. The molecular weight excluding hydrogens is 258 g/mol. The summed E-state index contributed by atoms with van der Waals surface area (Å²) in [6.45, 7) is 3.28. The Bertz CT molecular complexity index is 425. The summed E-state index contributed by atoms with van der Waals surface area (Å²) in [5.74, 6) is -0.531. The average molecular weight is 281 g/mol. The standard InChI is InChI=1S/C14H23N3O3/c1-9(11-4-2-3-5-13(11)18)17-12(14(19)20)6-10-7-15-8-16-10/h10,12,15-16,18H,2-8H2,1H3,(H,19,20)/b17-9-/t10-,12+/m0/s1. The number of rotatable bonds is 5. The van der Waals surface area contributed by atoms with E-state index in [1.165, 1.54) is 0 Å². The predicted octanol–water partition coefficient (Wildman–Crippen LogP) is 1.20. The predicted molar refractivity (Wildman–Crippen MR) is 77.1 cm³/mol. The first kappa shape index (κ1) is 15.0. The third-order valence-electron chi connectivity index (χ3n) is 3.92. The summed E-state index contributed by atoms with van der Waals surface area (Å²) in [5, 5.41) is 25.6. The summed E-state index contributed by atoms with van der Waals surface area (Å²) >= 11 is 0. The molecular formula is C14H23N3O3. The Morgan fingerprint density at radius 1 is 1.45 bits per heavy atom. The normalized spacial score (nSPS) is 25.9. The van der Waals surface area contributed by atoms with Gasteiger partial charge in [-0.3, -0.25) is 4.99 Å². The van der Waals surface area contributed by atoms with E-state index >= 15 is 0 Å². The van der Waals surface area contributed by atoms with E-state index in [0.29, 0.717) is 31.0 Å². The van der Waals surface area contributed by atoms with Crippen LogP contribution in [0.4, 0.5) is 0 Å². The number of aliphatic carboxylic acids is 1. The number of aliphatic hydroxyl groups is 1. The maximum Gasteiger partial charge on any atom is 0.328 e. The zero-order valence-corrected chi connectivity index (χ0v) is 11.9. The van der Waals surface area contributed by atoms with E-state index in [9.17, 15) is 15.0 Å². The third-order valence-corrected chi connectivity index (χ3v) is 3.92. The van der Waals surface area contributed by atoms with Crippen molar-refractivity contribution in [2.75, 3.05) is 13.2 Å². The highest BCUT2D eigenvalue weighted by molar-refractivity contribution is 5.99. The number of carboxylic acid groups (broad SMARTS) is 1. The molecule has 2 atom stereocenters. The average Bonchev–Trinajstić information content (AvgIpc) is 2.91. The van der Waals surface area contributed by atoms with Gasteiger partial charge in [0, 0.05) is 37.0 Å². The fourth-order valence-electron chi connectivity index (χ4n) is 2.77. The molecule has 1 aliphatic heterocycles. The lowest BCUT2D eigenvalue weighted by molar-refractivity contribution is -0.138. The van der Waals surface area contributed by atoms with Crippen LogP contribution in [-0.4, -0.2) is 47.2 Å². The second-order valence-corrected chi connectivity index (χ2v) is 5.47. The zero-order chi connectivity index (χ0) is 14.5. The molecule has 0 unspecified atom stereocenters. The number of nitrogens with zero attached hydrogens (tertiary/aromatic N) is 1. The molecule has 112 valence electrons. The van der Waals surface area contributed by atoms with Gasteiger partial charge in [-0.25, -0.2) is 4.79 Å². The molecule has 4 N–H and O–H groups in total. The third kappa shape index (κ3) is 3.80. The van der Waals surface area contributed by atoms with Gasteiger partial charge in [-0.05, 0) is 32.6 Å². The highest BCUT2D eigenvalue weighted by atomic mass is 16.4. The first-order valence-corrected chi connectivity index (χ1v) is 7.20. The quantitative estimate of drug-likeness (QED) is 0.568. The smallest absolute Gasteiger partial charge is 0.328 e. The number of allylic oxidation sites excluding steroid dienone is 2. The lowest BCUT2D eigenvalue weighted by Crippen LogP contribution is -2.32. The number of aliphatic hydroxyl groups excluding tert-OH is 1. The summed E-state index contributed by atoms with van der Waals surface area (Å²) < 4.78 is 0. The van der Waals surface area contributed by atoms with Crippen molar-refractivity contribution in [3.05, 3.63) is 11.3 Å². The van der Waals surface area contributed by atoms with Gasteiger partial charge in [0.05, 0.1) is 5.76 Å². The van der Waals surface area contributed by atoms with Gasteiger partial charge in [0.25, 0.3) is 0 Å². The van der Waals surface area contributed by atoms with Gasteiger partial charge in [-0.15, -0.1) is 0 Å². The highest BCUT2D eigenvalue weighted by Gasteiger charge is 2.25. The molecule has 0 radical (unpaired) electrons. The molecule has 0 bridgehead atoms. The van der Waals surface area contributed by atoms with Crippen molar-refractivity contribution in [3.63, 3.8) is 0 Å². The van der Waals surface area contributed by atoms with Crippen LogP contribution in [0.3, 0.4) is 0 Å². The van der Waals surface area contributed by atoms with Crippen molar-refractivity contribution in [1.29, 1.82) is 0 Å². The molecule has 0 aromatic carbocycles. The van der Waals surface area contributed by atoms with Crippen molar-refractivity contribution >= 4 is 11.7 Å². The summed E-state index contributed by atoms with van der Waals surface area (Å²) in [6.07, 6.45) is 3.94. The van der Waals surface area contributed by atoms with Crippen LogP contribution in [-0.2, 0) is 4.79 Å². The van der Waals surface area contributed by atoms with E-state index < -0.39 is 12.0 Å². The Kier molecular flexibility index (Phi) is 5.14. The van der Waals surface area contributed by atoms with Gasteiger partial charge < -0.3 is 20.8 Å². The fraction of sp³-hybridized carbons (Fsp3) is 0.714. The van der Waals surface area contributed by atoms with Crippen LogP contribution >= 0.6 is 0 Å². The van der Waals surface area contributed by atoms with Crippen LogP contribution in [0.15, 0.2) is 16.3 Å². The van der Waals surface area contributed by atoms with Crippen LogP contribution in [0.1, 0.15) is 39.0 Å². The van der Waals surface area contributed by atoms with Gasteiger partial charge in [-0.2, -0.15) is 0 Å².